The Balaban J connectivity index is 2.47. The molecule has 0 bridgehead atoms. The van der Waals surface area contributed by atoms with Gasteiger partial charge in [0, 0.05) is 19.5 Å². The lowest BCUT2D eigenvalue weighted by molar-refractivity contribution is -0.123. The first-order valence-electron chi connectivity index (χ1n) is 8.68. The van der Waals surface area contributed by atoms with Crippen molar-refractivity contribution >= 4 is 24.4 Å². The number of carbonyl (C=O) groups is 4. The summed E-state index contributed by atoms with van der Waals surface area (Å²) in [6.45, 7) is 0.516. The lowest BCUT2D eigenvalue weighted by Gasteiger charge is -2.18. The average Bonchev–Trinajstić information content (AvgIpc) is 2.66. The Morgan fingerprint density at radius 1 is 1.07 bits per heavy atom. The fourth-order valence-electron chi connectivity index (χ4n) is 2.22. The summed E-state index contributed by atoms with van der Waals surface area (Å²) in [5.41, 5.74) is 0.819. The number of rotatable bonds is 12. The molecule has 0 aromatic heterocycles. The third-order valence-corrected chi connectivity index (χ3v) is 3.58. The highest BCUT2D eigenvalue weighted by Crippen LogP contribution is 2.04. The minimum atomic E-state index is -1.11. The van der Waals surface area contributed by atoms with Crippen molar-refractivity contribution in [3.63, 3.8) is 0 Å². The summed E-state index contributed by atoms with van der Waals surface area (Å²) in [6, 6.07) is 8.29. The van der Waals surface area contributed by atoms with Crippen molar-refractivity contribution in [1.82, 2.24) is 16.0 Å². The van der Waals surface area contributed by atoms with Gasteiger partial charge in [-0.3, -0.25) is 4.79 Å². The van der Waals surface area contributed by atoms with Gasteiger partial charge in [0.05, 0.1) is 0 Å². The molecule has 4 N–H and O–H groups in total. The number of hydrogen-bond acceptors (Lipinski definition) is 5. The van der Waals surface area contributed by atoms with Gasteiger partial charge in [-0.25, -0.2) is 9.59 Å². The highest BCUT2D eigenvalue weighted by Gasteiger charge is 2.20. The van der Waals surface area contributed by atoms with Crippen molar-refractivity contribution in [1.29, 1.82) is 0 Å². The van der Waals surface area contributed by atoms with Gasteiger partial charge in [-0.15, -0.1) is 0 Å². The van der Waals surface area contributed by atoms with Gasteiger partial charge >= 0.3 is 12.2 Å². The second-order valence-corrected chi connectivity index (χ2v) is 5.73. The topological polar surface area (TPSA) is 134 Å². The quantitative estimate of drug-likeness (QED) is 0.321. The van der Waals surface area contributed by atoms with E-state index in [-0.39, 0.29) is 26.1 Å². The minimum absolute atomic E-state index is 0.0781. The van der Waals surface area contributed by atoms with Gasteiger partial charge in [0.2, 0.25) is 5.91 Å². The van der Waals surface area contributed by atoms with Crippen LogP contribution in [0.15, 0.2) is 30.3 Å². The van der Waals surface area contributed by atoms with E-state index in [1.807, 2.05) is 30.3 Å². The number of amides is 3. The molecule has 0 aliphatic carbocycles. The van der Waals surface area contributed by atoms with Gasteiger partial charge in [-0.2, -0.15) is 0 Å². The Morgan fingerprint density at radius 3 is 2.48 bits per heavy atom. The highest BCUT2D eigenvalue weighted by atomic mass is 16.5. The van der Waals surface area contributed by atoms with Crippen LogP contribution in [-0.4, -0.2) is 48.6 Å². The molecule has 1 atom stereocenters. The van der Waals surface area contributed by atoms with Gasteiger partial charge in [0.15, 0.2) is 0 Å². The van der Waals surface area contributed by atoms with E-state index in [4.69, 9.17) is 9.84 Å². The Labute approximate surface area is 157 Å². The van der Waals surface area contributed by atoms with E-state index in [0.29, 0.717) is 25.5 Å². The summed E-state index contributed by atoms with van der Waals surface area (Å²) in [5, 5.41) is 15.8. The fraction of sp³-hybridized carbons (Fsp3) is 0.444. The van der Waals surface area contributed by atoms with E-state index >= 15 is 0 Å². The molecule has 3 amide bonds. The summed E-state index contributed by atoms with van der Waals surface area (Å²) in [5.74, 6) is -0.417. The fourth-order valence-corrected chi connectivity index (χ4v) is 2.22. The molecule has 0 saturated carbocycles. The predicted molar refractivity (Wildman–Crippen MR) is 97.1 cm³/mol. The van der Waals surface area contributed by atoms with Gasteiger partial charge in [-0.1, -0.05) is 30.3 Å². The van der Waals surface area contributed by atoms with Crippen molar-refractivity contribution in [3.8, 4) is 0 Å². The predicted octanol–water partition coefficient (Wildman–Crippen LogP) is 1.42. The molecule has 9 heteroatoms. The molecular weight excluding hydrogens is 354 g/mol. The van der Waals surface area contributed by atoms with Crippen LogP contribution in [0.25, 0.3) is 0 Å². The van der Waals surface area contributed by atoms with Crippen molar-refractivity contribution in [2.45, 2.75) is 38.3 Å². The number of benzene rings is 1. The Bertz CT molecular complexity index is 608. The number of aldehydes is 1. The Hall–Kier alpha value is -3.10. The van der Waals surface area contributed by atoms with Crippen LogP contribution in [0.2, 0.25) is 0 Å². The monoisotopic (exact) mass is 379 g/mol. The van der Waals surface area contributed by atoms with Gasteiger partial charge in [0.25, 0.3) is 0 Å². The molecule has 1 rings (SSSR count). The molecule has 0 fully saturated rings. The summed E-state index contributed by atoms with van der Waals surface area (Å²) in [6.07, 6.45) is 0.386. The first-order chi connectivity index (χ1) is 13.0. The summed E-state index contributed by atoms with van der Waals surface area (Å²) in [7, 11) is 0. The zero-order valence-electron chi connectivity index (χ0n) is 15.0. The van der Waals surface area contributed by atoms with E-state index in [2.05, 4.69) is 16.0 Å². The zero-order chi connectivity index (χ0) is 19.9. The molecule has 148 valence electrons. The van der Waals surface area contributed by atoms with Crippen LogP contribution < -0.4 is 16.0 Å². The molecule has 1 aromatic carbocycles. The standard InChI is InChI=1S/C18H25N3O6/c22-12-6-11-19-16(23)15(9-4-5-10-20-17(24)25)21-18(26)27-13-14-7-2-1-3-8-14/h1-3,7-8,12,15,20H,4-6,9-11,13H2,(H,19,23)(H,21,26)(H,24,25)/t15-/m0/s1. The van der Waals surface area contributed by atoms with Crippen molar-refractivity contribution in [3.05, 3.63) is 35.9 Å². The maximum absolute atomic E-state index is 12.2. The van der Waals surface area contributed by atoms with E-state index in [0.717, 1.165) is 5.56 Å². The average molecular weight is 379 g/mol. The van der Waals surface area contributed by atoms with Crippen LogP contribution >= 0.6 is 0 Å². The molecular formula is C18H25N3O6. The molecule has 0 spiro atoms. The smallest absolute Gasteiger partial charge is 0.408 e. The van der Waals surface area contributed by atoms with E-state index < -0.39 is 24.1 Å². The normalized spacial score (nSPS) is 11.1. The molecule has 0 aliphatic rings. The number of hydrogen-bond donors (Lipinski definition) is 4. The second kappa shape index (κ2) is 13.2. The van der Waals surface area contributed by atoms with Crippen molar-refractivity contribution in [2.75, 3.05) is 13.1 Å². The summed E-state index contributed by atoms with van der Waals surface area (Å²) >= 11 is 0. The first-order valence-corrected chi connectivity index (χ1v) is 8.68. The molecule has 1 aromatic rings. The zero-order valence-corrected chi connectivity index (χ0v) is 15.0. The molecule has 9 nitrogen and oxygen atoms in total. The maximum atomic E-state index is 12.2. The van der Waals surface area contributed by atoms with E-state index in [1.54, 1.807) is 0 Å². The molecule has 0 aliphatic heterocycles. The van der Waals surface area contributed by atoms with Gasteiger partial charge < -0.3 is 30.6 Å². The molecule has 0 radical (unpaired) electrons. The van der Waals surface area contributed by atoms with E-state index in [9.17, 15) is 19.2 Å². The molecule has 0 unspecified atom stereocenters. The number of nitrogens with one attached hydrogen (secondary N) is 3. The van der Waals surface area contributed by atoms with Gasteiger partial charge in [-0.05, 0) is 24.8 Å². The lowest BCUT2D eigenvalue weighted by atomic mass is 10.1. The number of alkyl carbamates (subject to hydrolysis) is 1. The second-order valence-electron chi connectivity index (χ2n) is 5.73. The van der Waals surface area contributed by atoms with Crippen LogP contribution in [0.3, 0.4) is 0 Å². The van der Waals surface area contributed by atoms with Crippen LogP contribution in [0.5, 0.6) is 0 Å². The number of unbranched alkanes of at least 4 members (excludes halogenated alkanes) is 1. The lowest BCUT2D eigenvalue weighted by Crippen LogP contribution is -2.47. The van der Waals surface area contributed by atoms with Gasteiger partial charge in [0.1, 0.15) is 18.9 Å². The molecule has 0 heterocycles. The number of ether oxygens (including phenoxy) is 1. The number of carbonyl (C=O) groups excluding carboxylic acids is 3. The third-order valence-electron chi connectivity index (χ3n) is 3.58. The summed E-state index contributed by atoms with van der Waals surface area (Å²) in [4.78, 5) is 44.9. The maximum Gasteiger partial charge on any atom is 0.408 e. The van der Waals surface area contributed by atoms with Crippen LogP contribution in [0.4, 0.5) is 9.59 Å². The summed E-state index contributed by atoms with van der Waals surface area (Å²) < 4.78 is 5.12. The van der Waals surface area contributed by atoms with E-state index in [1.165, 1.54) is 0 Å². The highest BCUT2D eigenvalue weighted by molar-refractivity contribution is 5.85. The van der Waals surface area contributed by atoms with Crippen LogP contribution in [0.1, 0.15) is 31.2 Å². The Morgan fingerprint density at radius 2 is 1.81 bits per heavy atom. The Kier molecular flexibility index (Phi) is 10.7. The third kappa shape index (κ3) is 10.5. The minimum Gasteiger partial charge on any atom is -0.465 e. The number of carboxylic acid groups (broad SMARTS) is 1. The molecule has 0 saturated heterocycles. The van der Waals surface area contributed by atoms with Crippen LogP contribution in [0, 0.1) is 0 Å². The largest absolute Gasteiger partial charge is 0.465 e. The van der Waals surface area contributed by atoms with Crippen molar-refractivity contribution < 1.29 is 29.0 Å². The molecule has 27 heavy (non-hydrogen) atoms. The SMILES string of the molecule is O=CCCNC(=O)[C@H](CCCCNC(=O)O)NC(=O)OCc1ccccc1. The first kappa shape index (κ1) is 21.9. The van der Waals surface area contributed by atoms with Crippen LogP contribution in [-0.2, 0) is 20.9 Å². The van der Waals surface area contributed by atoms with Crippen molar-refractivity contribution in [2.24, 2.45) is 0 Å².